The normalized spacial score (nSPS) is 25.4. The van der Waals surface area contributed by atoms with E-state index >= 15 is 0 Å². The molecule has 1 aromatic heterocycles. The minimum Gasteiger partial charge on any atom is -0.460 e. The van der Waals surface area contributed by atoms with Crippen LogP contribution < -0.4 is 10.7 Å². The van der Waals surface area contributed by atoms with Crippen LogP contribution in [0.4, 0.5) is 0 Å². The Labute approximate surface area is 300 Å². The highest BCUT2D eigenvalue weighted by Gasteiger charge is 2.42. The van der Waals surface area contributed by atoms with Gasteiger partial charge in [-0.1, -0.05) is 84.1 Å². The number of nitrogens with one attached hydrogen (secondary N) is 1. The number of fused-ring (bicyclic) bond motifs is 3. The summed E-state index contributed by atoms with van der Waals surface area (Å²) in [7, 11) is -4.54. The monoisotopic (exact) mass is 729 g/mol. The van der Waals surface area contributed by atoms with Crippen molar-refractivity contribution < 1.29 is 37.9 Å². The van der Waals surface area contributed by atoms with Gasteiger partial charge in [0.25, 0.3) is 5.91 Å². The van der Waals surface area contributed by atoms with Gasteiger partial charge in [-0.2, -0.15) is 0 Å². The first-order chi connectivity index (χ1) is 23.1. The molecule has 2 N–H and O–H groups in total. The fourth-order valence-electron chi connectivity index (χ4n) is 5.86. The molecule has 11 nitrogen and oxygen atoms in total. The lowest BCUT2D eigenvalue weighted by atomic mass is 9.93. The van der Waals surface area contributed by atoms with Crippen molar-refractivity contribution in [1.82, 2.24) is 15.2 Å². The van der Waals surface area contributed by atoms with Crippen LogP contribution in [0.25, 0.3) is 0 Å². The molecule has 0 aliphatic carbocycles. The van der Waals surface area contributed by atoms with Gasteiger partial charge >= 0.3 is 5.97 Å². The van der Waals surface area contributed by atoms with E-state index in [-0.39, 0.29) is 54.3 Å². The molecule has 1 saturated heterocycles. The third kappa shape index (κ3) is 10.9. The summed E-state index contributed by atoms with van der Waals surface area (Å²) in [5.74, 6) is -2.09. The number of rotatable bonds is 5. The molecule has 2 aliphatic rings. The number of ketones is 1. The van der Waals surface area contributed by atoms with Crippen molar-refractivity contribution >= 4 is 45.3 Å². The predicted octanol–water partition coefficient (Wildman–Crippen LogP) is 5.08. The number of nitrogens with zero attached hydrogens (tertiary/aromatic N) is 2. The number of allylic oxidation sites excluding steroid dienone is 2. The van der Waals surface area contributed by atoms with Crippen molar-refractivity contribution in [2.45, 2.75) is 123 Å². The maximum Gasteiger partial charge on any atom is 0.329 e. The van der Waals surface area contributed by atoms with Crippen LogP contribution >= 0.6 is 0 Å². The lowest BCUT2D eigenvalue weighted by Gasteiger charge is -2.38. The number of cyclic esters (lactones) is 1. The lowest BCUT2D eigenvalue weighted by molar-refractivity contribution is -0.159. The lowest BCUT2D eigenvalue weighted by Crippen LogP contribution is -2.48. The Morgan fingerprint density at radius 1 is 1.12 bits per heavy atom. The van der Waals surface area contributed by atoms with Crippen LogP contribution in [0.3, 0.4) is 0 Å². The first kappa shape index (κ1) is 41.3. The second kappa shape index (κ2) is 16.9. The molecule has 0 saturated carbocycles. The van der Waals surface area contributed by atoms with Gasteiger partial charge in [0.05, 0.1) is 12.5 Å². The third-order valence-corrected chi connectivity index (χ3v) is 16.0. The van der Waals surface area contributed by atoms with E-state index in [2.05, 4.69) is 44.2 Å². The zero-order valence-electron chi connectivity index (χ0n) is 31.9. The molecule has 0 aromatic carbocycles. The van der Waals surface area contributed by atoms with Gasteiger partial charge in [-0.05, 0) is 44.0 Å². The largest absolute Gasteiger partial charge is 0.460 e. The van der Waals surface area contributed by atoms with Crippen LogP contribution in [-0.2, 0) is 30.0 Å². The van der Waals surface area contributed by atoms with Crippen molar-refractivity contribution in [1.29, 1.82) is 0 Å². The Morgan fingerprint density at radius 3 is 2.42 bits per heavy atom. The minimum absolute atomic E-state index is 0.0806. The van der Waals surface area contributed by atoms with Crippen LogP contribution in [0.15, 0.2) is 40.4 Å². The van der Waals surface area contributed by atoms with Gasteiger partial charge < -0.3 is 28.9 Å². The smallest absolute Gasteiger partial charge is 0.329 e. The van der Waals surface area contributed by atoms with Gasteiger partial charge in [0.15, 0.2) is 14.0 Å². The Morgan fingerprint density at radius 2 is 1.80 bits per heavy atom. The molecular weight excluding hydrogens is 671 g/mol. The van der Waals surface area contributed by atoms with Crippen molar-refractivity contribution in [3.8, 4) is 0 Å². The molecule has 13 heteroatoms. The van der Waals surface area contributed by atoms with E-state index in [0.717, 1.165) is 5.57 Å². The molecule has 1 aromatic rings. The highest BCUT2D eigenvalue weighted by molar-refractivity contribution is 6.88. The van der Waals surface area contributed by atoms with Gasteiger partial charge in [0, 0.05) is 38.0 Å². The van der Waals surface area contributed by atoms with E-state index in [0.29, 0.717) is 24.8 Å². The fraction of sp³-hybridized carbons (Fsp3) is 0.649. The average Bonchev–Trinajstić information content (AvgIpc) is 3.67. The van der Waals surface area contributed by atoms with Crippen LogP contribution in [0.2, 0.25) is 37.8 Å². The zero-order valence-corrected chi connectivity index (χ0v) is 33.9. The number of carbonyl (C=O) groups is 4. The number of carbonyl (C=O) groups excluding carboxylic acids is 4. The van der Waals surface area contributed by atoms with Crippen LogP contribution in [-0.4, -0.2) is 92.9 Å². The molecule has 3 heterocycles. The second-order valence-corrected chi connectivity index (χ2v) is 26.1. The summed E-state index contributed by atoms with van der Waals surface area (Å²) >= 11 is 0. The molecule has 2 amide bonds. The second-order valence-electron chi connectivity index (χ2n) is 16.4. The molecule has 5 atom stereocenters. The molecule has 50 heavy (non-hydrogen) atoms. The number of ether oxygens (including phenoxy) is 1. The van der Waals surface area contributed by atoms with Gasteiger partial charge in [-0.3, -0.25) is 14.4 Å². The molecule has 278 valence electrons. The Hall–Kier alpha value is -3.14. The van der Waals surface area contributed by atoms with Gasteiger partial charge in [0.2, 0.25) is 11.8 Å². The molecular formula is C37H59N3O8Si2. The number of Topliss-reactive ketones (excluding diaryl/α,β-unsaturated/α-hetero) is 1. The first-order valence-electron chi connectivity index (χ1n) is 17.8. The van der Waals surface area contributed by atoms with Crippen LogP contribution in [0.1, 0.15) is 77.2 Å². The SMILES string of the molecule is CC1=CC(O[Si](C)(C)C(C)(C)C)CC(=O)Cc2nc(c([Si](C)(C)C)o2)C(=O)N2CCC[C@@H]2C(=O)O[C@H]([C@@H](C)CO)[C@H](C)/C=C/C(=O)NCC=C1. The predicted molar refractivity (Wildman–Crippen MR) is 199 cm³/mol. The number of aromatic nitrogens is 1. The van der Waals surface area contributed by atoms with Gasteiger partial charge in [0.1, 0.15) is 31.4 Å². The summed E-state index contributed by atoms with van der Waals surface area (Å²) in [6, 6.07) is -0.844. The zero-order chi connectivity index (χ0) is 37.6. The number of esters is 1. The summed E-state index contributed by atoms with van der Waals surface area (Å²) in [5.41, 5.74) is 1.02. The minimum atomic E-state index is -2.27. The third-order valence-electron chi connectivity index (χ3n) is 9.76. The molecule has 0 radical (unpaired) electrons. The van der Waals surface area contributed by atoms with Gasteiger partial charge in [-0.25, -0.2) is 9.78 Å². The summed E-state index contributed by atoms with van der Waals surface area (Å²) < 4.78 is 18.9. The quantitative estimate of drug-likeness (QED) is 0.313. The number of aliphatic hydroxyl groups is 1. The number of oxazole rings is 1. The standard InChI is InChI=1S/C37H59N3O8Si2/c1-24-14-12-18-38-30(43)17-16-25(2)33(26(3)23-41)47-35(45)29-15-13-19-40(29)34(44)32-36(49(7,8)9)46-31(39-32)22-27(42)21-28(20-24)48-50(10,11)37(4,5)6/h12,14,16-17,20,25-26,28-29,33,41H,13,15,18-19,21-23H2,1-11H3,(H,38,43)/b14-12?,17-16+,24-20?/t25-,26+,28?,29-,33+/m1/s1. The maximum absolute atomic E-state index is 14.1. The molecule has 2 bridgehead atoms. The van der Waals surface area contributed by atoms with E-state index in [1.165, 1.54) is 11.0 Å². The molecule has 1 fully saturated rings. The maximum atomic E-state index is 14.1. The Kier molecular flexibility index (Phi) is 14.0. The number of hydrogen-bond donors (Lipinski definition) is 2. The number of amides is 2. The van der Waals surface area contributed by atoms with Crippen molar-refractivity contribution in [2.24, 2.45) is 11.8 Å². The molecule has 1 unspecified atom stereocenters. The Balaban J connectivity index is 2.07. The van der Waals surface area contributed by atoms with E-state index < -0.39 is 58.4 Å². The number of aliphatic hydroxyl groups excluding tert-OH is 1. The number of hydrogen-bond acceptors (Lipinski definition) is 9. The fourth-order valence-corrected chi connectivity index (χ4v) is 8.42. The average molecular weight is 730 g/mol. The van der Waals surface area contributed by atoms with E-state index in [4.69, 9.17) is 13.6 Å². The van der Waals surface area contributed by atoms with Crippen LogP contribution in [0.5, 0.6) is 0 Å². The van der Waals surface area contributed by atoms with Crippen LogP contribution in [0, 0.1) is 11.8 Å². The molecule has 2 aliphatic heterocycles. The molecule has 0 spiro atoms. The summed E-state index contributed by atoms with van der Waals surface area (Å²) in [6.45, 7) is 22.8. The first-order valence-corrected chi connectivity index (χ1v) is 24.2. The van der Waals surface area contributed by atoms with Crippen molar-refractivity contribution in [3.05, 3.63) is 47.5 Å². The highest BCUT2D eigenvalue weighted by atomic mass is 28.4. The van der Waals surface area contributed by atoms with Gasteiger partial charge in [-0.15, -0.1) is 0 Å². The van der Waals surface area contributed by atoms with Crippen molar-refractivity contribution in [2.75, 3.05) is 19.7 Å². The van der Waals surface area contributed by atoms with E-state index in [1.807, 2.05) is 51.7 Å². The van der Waals surface area contributed by atoms with Crippen molar-refractivity contribution in [3.63, 3.8) is 0 Å². The summed E-state index contributed by atoms with van der Waals surface area (Å²) in [4.78, 5) is 60.2. The summed E-state index contributed by atoms with van der Waals surface area (Å²) in [6.07, 6.45) is 8.51. The topological polar surface area (TPSA) is 148 Å². The molecule has 3 rings (SSSR count). The summed E-state index contributed by atoms with van der Waals surface area (Å²) in [5, 5.41) is 13.2. The van der Waals surface area contributed by atoms with E-state index in [9.17, 15) is 24.3 Å². The van der Waals surface area contributed by atoms with E-state index in [1.54, 1.807) is 13.0 Å². The Bertz CT molecular complexity index is 1480. The highest BCUT2D eigenvalue weighted by Crippen LogP contribution is 2.38.